The number of ether oxygens (including phenoxy) is 1. The van der Waals surface area contributed by atoms with Crippen LogP contribution in [0.3, 0.4) is 0 Å². The molecule has 3 rings (SSSR count). The van der Waals surface area contributed by atoms with E-state index < -0.39 is 0 Å². The molecule has 86 valence electrons. The first kappa shape index (κ1) is 10.1. The van der Waals surface area contributed by atoms with Crippen LogP contribution in [-0.2, 0) is 13.0 Å². The number of fused-ring (bicyclic) bond motifs is 1. The second-order valence-electron chi connectivity index (χ2n) is 4.12. The summed E-state index contributed by atoms with van der Waals surface area (Å²) in [6.45, 7) is 0.543. The first-order chi connectivity index (χ1) is 8.33. The van der Waals surface area contributed by atoms with Gasteiger partial charge in [0.2, 0.25) is 0 Å². The first-order valence-corrected chi connectivity index (χ1v) is 5.58. The highest BCUT2D eigenvalue weighted by Gasteiger charge is 2.22. The molecule has 0 saturated heterocycles. The van der Waals surface area contributed by atoms with E-state index in [1.54, 1.807) is 10.9 Å². The SMILES string of the molecule is O=c1ccncn1C[C@@H]1Cc2ccccc2O1. The van der Waals surface area contributed by atoms with Gasteiger partial charge >= 0.3 is 0 Å². The summed E-state index contributed by atoms with van der Waals surface area (Å²) in [6.07, 6.45) is 3.92. The van der Waals surface area contributed by atoms with Crippen molar-refractivity contribution >= 4 is 0 Å². The van der Waals surface area contributed by atoms with Crippen LogP contribution in [0, 0.1) is 0 Å². The van der Waals surface area contributed by atoms with Gasteiger partial charge in [0.1, 0.15) is 11.9 Å². The number of para-hydroxylation sites is 1. The minimum atomic E-state index is -0.0421. The summed E-state index contributed by atoms with van der Waals surface area (Å²) in [5.74, 6) is 0.925. The van der Waals surface area contributed by atoms with E-state index in [1.165, 1.54) is 17.8 Å². The fourth-order valence-electron chi connectivity index (χ4n) is 2.09. The number of nitrogens with zero attached hydrogens (tertiary/aromatic N) is 2. The van der Waals surface area contributed by atoms with E-state index in [2.05, 4.69) is 11.1 Å². The predicted molar refractivity (Wildman–Crippen MR) is 63.1 cm³/mol. The van der Waals surface area contributed by atoms with Crippen molar-refractivity contribution in [3.8, 4) is 5.75 Å². The van der Waals surface area contributed by atoms with Crippen molar-refractivity contribution in [2.75, 3.05) is 0 Å². The Balaban J connectivity index is 1.78. The van der Waals surface area contributed by atoms with E-state index in [9.17, 15) is 4.79 Å². The molecule has 0 bridgehead atoms. The van der Waals surface area contributed by atoms with Crippen molar-refractivity contribution in [3.05, 3.63) is 58.8 Å². The molecule has 0 fully saturated rings. The van der Waals surface area contributed by atoms with Crippen molar-refractivity contribution in [2.24, 2.45) is 0 Å². The summed E-state index contributed by atoms with van der Waals surface area (Å²) in [7, 11) is 0. The topological polar surface area (TPSA) is 44.1 Å². The molecular weight excluding hydrogens is 216 g/mol. The quantitative estimate of drug-likeness (QED) is 0.777. The van der Waals surface area contributed by atoms with E-state index in [4.69, 9.17) is 4.74 Å². The van der Waals surface area contributed by atoms with Crippen molar-refractivity contribution in [3.63, 3.8) is 0 Å². The highest BCUT2D eigenvalue weighted by Crippen LogP contribution is 2.28. The molecule has 1 atom stereocenters. The van der Waals surface area contributed by atoms with Crippen LogP contribution in [0.1, 0.15) is 5.56 Å². The normalized spacial score (nSPS) is 17.5. The Hall–Kier alpha value is -2.10. The maximum atomic E-state index is 11.5. The lowest BCUT2D eigenvalue weighted by molar-refractivity contribution is 0.207. The molecule has 4 heteroatoms. The van der Waals surface area contributed by atoms with Crippen LogP contribution in [0.5, 0.6) is 5.75 Å². The largest absolute Gasteiger partial charge is 0.488 e. The number of hydrogen-bond donors (Lipinski definition) is 0. The van der Waals surface area contributed by atoms with Gasteiger partial charge in [0.05, 0.1) is 12.9 Å². The number of aromatic nitrogens is 2. The third-order valence-corrected chi connectivity index (χ3v) is 2.91. The average molecular weight is 228 g/mol. The maximum absolute atomic E-state index is 11.5. The van der Waals surface area contributed by atoms with Crippen LogP contribution in [0.25, 0.3) is 0 Å². The Bertz CT molecular complexity index is 567. The standard InChI is InChI=1S/C13H12N2O2/c16-13-5-6-14-9-15(13)8-11-7-10-3-1-2-4-12(10)17-11/h1-6,9,11H,7-8H2/t11-/m0/s1. The van der Waals surface area contributed by atoms with Gasteiger partial charge in [-0.05, 0) is 11.6 Å². The molecule has 0 radical (unpaired) electrons. The minimum absolute atomic E-state index is 0.0225. The van der Waals surface area contributed by atoms with Gasteiger partial charge in [0.25, 0.3) is 5.56 Å². The lowest BCUT2D eigenvalue weighted by atomic mass is 10.1. The number of rotatable bonds is 2. The van der Waals surface area contributed by atoms with Gasteiger partial charge in [-0.25, -0.2) is 4.98 Å². The lowest BCUT2D eigenvalue weighted by Crippen LogP contribution is -2.28. The van der Waals surface area contributed by atoms with Crippen LogP contribution in [-0.4, -0.2) is 15.7 Å². The molecular formula is C13H12N2O2. The van der Waals surface area contributed by atoms with E-state index >= 15 is 0 Å². The highest BCUT2D eigenvalue weighted by atomic mass is 16.5. The molecule has 0 spiro atoms. The van der Waals surface area contributed by atoms with E-state index in [0.717, 1.165) is 12.2 Å². The summed E-state index contributed by atoms with van der Waals surface area (Å²) < 4.78 is 7.36. The Morgan fingerprint density at radius 2 is 2.24 bits per heavy atom. The van der Waals surface area contributed by atoms with E-state index in [0.29, 0.717) is 6.54 Å². The zero-order valence-corrected chi connectivity index (χ0v) is 9.24. The summed E-state index contributed by atoms with van der Waals surface area (Å²) >= 11 is 0. The van der Waals surface area contributed by atoms with Crippen LogP contribution in [0.15, 0.2) is 47.7 Å². The van der Waals surface area contributed by atoms with Gasteiger partial charge in [0.15, 0.2) is 0 Å². The molecule has 1 aliphatic heterocycles. The molecule has 0 amide bonds. The molecule has 1 aromatic carbocycles. The van der Waals surface area contributed by atoms with Crippen LogP contribution >= 0.6 is 0 Å². The zero-order chi connectivity index (χ0) is 11.7. The Morgan fingerprint density at radius 1 is 1.35 bits per heavy atom. The summed E-state index contributed by atoms with van der Waals surface area (Å²) in [4.78, 5) is 15.5. The van der Waals surface area contributed by atoms with Crippen LogP contribution in [0.2, 0.25) is 0 Å². The van der Waals surface area contributed by atoms with Crippen LogP contribution in [0.4, 0.5) is 0 Å². The maximum Gasteiger partial charge on any atom is 0.253 e. The molecule has 0 saturated carbocycles. The smallest absolute Gasteiger partial charge is 0.253 e. The van der Waals surface area contributed by atoms with Gasteiger partial charge in [-0.1, -0.05) is 18.2 Å². The zero-order valence-electron chi connectivity index (χ0n) is 9.24. The van der Waals surface area contributed by atoms with Crippen LogP contribution < -0.4 is 10.3 Å². The predicted octanol–water partition coefficient (Wildman–Crippen LogP) is 1.25. The second-order valence-corrected chi connectivity index (χ2v) is 4.12. The molecule has 4 nitrogen and oxygen atoms in total. The number of hydrogen-bond acceptors (Lipinski definition) is 3. The summed E-state index contributed by atoms with van der Waals surface area (Å²) in [5, 5.41) is 0. The molecule has 2 heterocycles. The molecule has 1 aliphatic rings. The van der Waals surface area contributed by atoms with Crippen molar-refractivity contribution in [2.45, 2.75) is 19.1 Å². The monoisotopic (exact) mass is 228 g/mol. The fourth-order valence-corrected chi connectivity index (χ4v) is 2.09. The van der Waals surface area contributed by atoms with Gasteiger partial charge in [0, 0.05) is 18.7 Å². The van der Waals surface area contributed by atoms with Crippen molar-refractivity contribution < 1.29 is 4.74 Å². The Kier molecular flexibility index (Phi) is 2.40. The Morgan fingerprint density at radius 3 is 3.06 bits per heavy atom. The van der Waals surface area contributed by atoms with E-state index in [1.807, 2.05) is 18.2 Å². The van der Waals surface area contributed by atoms with Crippen molar-refractivity contribution in [1.29, 1.82) is 0 Å². The molecule has 1 aromatic heterocycles. The number of benzene rings is 1. The lowest BCUT2D eigenvalue weighted by Gasteiger charge is -2.11. The van der Waals surface area contributed by atoms with Gasteiger partial charge < -0.3 is 4.74 Å². The summed E-state index contributed by atoms with van der Waals surface area (Å²) in [5.41, 5.74) is 1.16. The fraction of sp³-hybridized carbons (Fsp3) is 0.231. The molecule has 0 aliphatic carbocycles. The molecule has 0 N–H and O–H groups in total. The van der Waals surface area contributed by atoms with Gasteiger partial charge in [-0.3, -0.25) is 9.36 Å². The third kappa shape index (κ3) is 1.93. The second kappa shape index (κ2) is 4.05. The van der Waals surface area contributed by atoms with Gasteiger partial charge in [-0.2, -0.15) is 0 Å². The minimum Gasteiger partial charge on any atom is -0.488 e. The van der Waals surface area contributed by atoms with E-state index in [-0.39, 0.29) is 11.7 Å². The molecule has 17 heavy (non-hydrogen) atoms. The summed E-state index contributed by atoms with van der Waals surface area (Å²) in [6, 6.07) is 9.43. The first-order valence-electron chi connectivity index (χ1n) is 5.58. The van der Waals surface area contributed by atoms with Gasteiger partial charge in [-0.15, -0.1) is 0 Å². The average Bonchev–Trinajstić information content (AvgIpc) is 2.74. The highest BCUT2D eigenvalue weighted by molar-refractivity contribution is 5.37. The molecule has 2 aromatic rings. The molecule has 0 unspecified atom stereocenters. The third-order valence-electron chi connectivity index (χ3n) is 2.91. The van der Waals surface area contributed by atoms with Crippen molar-refractivity contribution in [1.82, 2.24) is 9.55 Å². The Labute approximate surface area is 98.5 Å².